The first kappa shape index (κ1) is 14.4. The van der Waals surface area contributed by atoms with Gasteiger partial charge in [-0.05, 0) is 43.0 Å². The Labute approximate surface area is 119 Å². The van der Waals surface area contributed by atoms with Gasteiger partial charge in [-0.1, -0.05) is 38.3 Å². The lowest BCUT2D eigenvalue weighted by atomic mass is 9.89. The van der Waals surface area contributed by atoms with E-state index in [-0.39, 0.29) is 6.04 Å². The summed E-state index contributed by atoms with van der Waals surface area (Å²) < 4.78 is 5.87. The second kappa shape index (κ2) is 6.44. The van der Waals surface area contributed by atoms with E-state index >= 15 is 0 Å². The van der Waals surface area contributed by atoms with E-state index in [0.29, 0.717) is 5.92 Å². The van der Waals surface area contributed by atoms with Gasteiger partial charge in [0.25, 0.3) is 0 Å². The van der Waals surface area contributed by atoms with Crippen LogP contribution in [-0.2, 0) is 0 Å². The minimum absolute atomic E-state index is 0.0222. The first-order valence-electron chi connectivity index (χ1n) is 7.10. The van der Waals surface area contributed by atoms with Crippen molar-refractivity contribution in [2.24, 2.45) is 11.7 Å². The molecule has 1 heterocycles. The van der Waals surface area contributed by atoms with E-state index in [2.05, 4.69) is 13.8 Å². The second-order valence-electron chi connectivity index (χ2n) is 5.19. The molecule has 1 aromatic carbocycles. The third-order valence-corrected chi connectivity index (χ3v) is 3.89. The highest BCUT2D eigenvalue weighted by Crippen LogP contribution is 2.32. The molecular formula is C16H22ClNO. The van der Waals surface area contributed by atoms with Gasteiger partial charge in [0.15, 0.2) is 0 Å². The van der Waals surface area contributed by atoms with Crippen LogP contribution in [0.4, 0.5) is 0 Å². The smallest absolute Gasteiger partial charge is 0.134 e. The van der Waals surface area contributed by atoms with Crippen LogP contribution in [0.25, 0.3) is 11.0 Å². The highest BCUT2D eigenvalue weighted by Gasteiger charge is 2.21. The number of hydrogen-bond acceptors (Lipinski definition) is 2. The summed E-state index contributed by atoms with van der Waals surface area (Å²) in [7, 11) is 0. The maximum atomic E-state index is 6.39. The van der Waals surface area contributed by atoms with Gasteiger partial charge in [0.05, 0.1) is 6.04 Å². The van der Waals surface area contributed by atoms with Crippen LogP contribution in [0.5, 0.6) is 0 Å². The van der Waals surface area contributed by atoms with Crippen LogP contribution in [0.2, 0.25) is 5.02 Å². The molecule has 3 heteroatoms. The zero-order valence-corrected chi connectivity index (χ0v) is 12.4. The van der Waals surface area contributed by atoms with Gasteiger partial charge in [0.2, 0.25) is 0 Å². The predicted molar refractivity (Wildman–Crippen MR) is 81.5 cm³/mol. The minimum atomic E-state index is -0.0222. The molecule has 0 aliphatic heterocycles. The van der Waals surface area contributed by atoms with Gasteiger partial charge in [-0.3, -0.25) is 0 Å². The molecule has 0 saturated heterocycles. The molecule has 104 valence electrons. The topological polar surface area (TPSA) is 39.2 Å². The average Bonchev–Trinajstić information content (AvgIpc) is 2.80. The predicted octanol–water partition coefficient (Wildman–Crippen LogP) is 5.30. The third-order valence-electron chi connectivity index (χ3n) is 3.65. The number of furan rings is 1. The lowest BCUT2D eigenvalue weighted by molar-refractivity contribution is 0.330. The largest absolute Gasteiger partial charge is 0.459 e. The molecular weight excluding hydrogens is 258 g/mol. The van der Waals surface area contributed by atoms with Crippen LogP contribution in [0, 0.1) is 5.92 Å². The van der Waals surface area contributed by atoms with Crippen LogP contribution >= 0.6 is 11.6 Å². The standard InChI is InChI=1S/C16H22ClNO/c1-3-5-11(6-4-2)16(18)15-10-12-9-13(17)7-8-14(12)19-15/h7-11,16H,3-6,18H2,1-2H3. The molecule has 0 saturated carbocycles. The van der Waals surface area contributed by atoms with Crippen molar-refractivity contribution in [2.75, 3.05) is 0 Å². The molecule has 1 aromatic heterocycles. The van der Waals surface area contributed by atoms with E-state index < -0.39 is 0 Å². The fourth-order valence-electron chi connectivity index (χ4n) is 2.68. The van der Waals surface area contributed by atoms with Crippen molar-refractivity contribution < 1.29 is 4.42 Å². The number of hydrogen-bond donors (Lipinski definition) is 1. The summed E-state index contributed by atoms with van der Waals surface area (Å²) in [5.74, 6) is 1.37. The first-order valence-corrected chi connectivity index (χ1v) is 7.48. The third kappa shape index (κ3) is 3.31. The van der Waals surface area contributed by atoms with Gasteiger partial charge in [0.1, 0.15) is 11.3 Å². The molecule has 19 heavy (non-hydrogen) atoms. The Morgan fingerprint density at radius 2 is 1.84 bits per heavy atom. The number of halogens is 1. The Kier molecular flexibility index (Phi) is 4.89. The normalized spacial score (nSPS) is 13.3. The Hall–Kier alpha value is -0.990. The highest BCUT2D eigenvalue weighted by atomic mass is 35.5. The lowest BCUT2D eigenvalue weighted by Crippen LogP contribution is -2.20. The van der Waals surface area contributed by atoms with Gasteiger partial charge in [0, 0.05) is 10.4 Å². The average molecular weight is 280 g/mol. The van der Waals surface area contributed by atoms with Crippen molar-refractivity contribution in [1.82, 2.24) is 0 Å². The van der Waals surface area contributed by atoms with Crippen LogP contribution in [0.3, 0.4) is 0 Å². The fourth-order valence-corrected chi connectivity index (χ4v) is 2.86. The summed E-state index contributed by atoms with van der Waals surface area (Å²) in [6, 6.07) is 7.68. The van der Waals surface area contributed by atoms with Crippen LogP contribution in [0.15, 0.2) is 28.7 Å². The molecule has 0 radical (unpaired) electrons. The molecule has 2 aromatic rings. The summed E-state index contributed by atoms with van der Waals surface area (Å²) in [5, 5.41) is 1.76. The van der Waals surface area contributed by atoms with Crippen LogP contribution < -0.4 is 5.73 Å². The van der Waals surface area contributed by atoms with E-state index in [9.17, 15) is 0 Å². The molecule has 2 N–H and O–H groups in total. The Morgan fingerprint density at radius 3 is 2.47 bits per heavy atom. The summed E-state index contributed by atoms with van der Waals surface area (Å²) in [6.07, 6.45) is 4.61. The summed E-state index contributed by atoms with van der Waals surface area (Å²) in [4.78, 5) is 0. The molecule has 0 fully saturated rings. The van der Waals surface area contributed by atoms with Gasteiger partial charge in [-0.25, -0.2) is 0 Å². The van der Waals surface area contributed by atoms with E-state index in [1.54, 1.807) is 0 Å². The van der Waals surface area contributed by atoms with E-state index in [0.717, 1.165) is 47.4 Å². The van der Waals surface area contributed by atoms with Gasteiger partial charge in [-0.2, -0.15) is 0 Å². The van der Waals surface area contributed by atoms with Crippen LogP contribution in [-0.4, -0.2) is 0 Å². The van der Waals surface area contributed by atoms with Crippen molar-refractivity contribution in [3.8, 4) is 0 Å². The Bertz CT molecular complexity index is 529. The van der Waals surface area contributed by atoms with Gasteiger partial charge in [-0.15, -0.1) is 0 Å². The summed E-state index contributed by atoms with van der Waals surface area (Å²) >= 11 is 6.00. The molecule has 0 aliphatic rings. The summed E-state index contributed by atoms with van der Waals surface area (Å²) in [6.45, 7) is 4.40. The number of rotatable bonds is 6. The number of fused-ring (bicyclic) bond motifs is 1. The maximum Gasteiger partial charge on any atom is 0.134 e. The van der Waals surface area contributed by atoms with Crippen molar-refractivity contribution >= 4 is 22.6 Å². The number of benzene rings is 1. The molecule has 1 atom stereocenters. The Morgan fingerprint density at radius 1 is 1.16 bits per heavy atom. The molecule has 2 nitrogen and oxygen atoms in total. The zero-order chi connectivity index (χ0) is 13.8. The maximum absolute atomic E-state index is 6.39. The minimum Gasteiger partial charge on any atom is -0.459 e. The van der Waals surface area contributed by atoms with Crippen molar-refractivity contribution in [2.45, 2.75) is 45.6 Å². The quantitative estimate of drug-likeness (QED) is 0.779. The van der Waals surface area contributed by atoms with E-state index in [1.165, 1.54) is 0 Å². The SMILES string of the molecule is CCCC(CCC)C(N)c1cc2cc(Cl)ccc2o1. The second-order valence-corrected chi connectivity index (χ2v) is 5.63. The van der Waals surface area contributed by atoms with E-state index in [1.807, 2.05) is 24.3 Å². The van der Waals surface area contributed by atoms with Gasteiger partial charge < -0.3 is 10.2 Å². The molecule has 0 spiro atoms. The van der Waals surface area contributed by atoms with Gasteiger partial charge >= 0.3 is 0 Å². The number of nitrogens with two attached hydrogens (primary N) is 1. The monoisotopic (exact) mass is 279 g/mol. The fraction of sp³-hybridized carbons (Fsp3) is 0.500. The zero-order valence-electron chi connectivity index (χ0n) is 11.7. The molecule has 1 unspecified atom stereocenters. The molecule has 2 rings (SSSR count). The molecule has 0 bridgehead atoms. The van der Waals surface area contributed by atoms with Crippen molar-refractivity contribution in [3.05, 3.63) is 35.0 Å². The highest BCUT2D eigenvalue weighted by molar-refractivity contribution is 6.31. The van der Waals surface area contributed by atoms with Crippen molar-refractivity contribution in [3.63, 3.8) is 0 Å². The lowest BCUT2D eigenvalue weighted by Gasteiger charge is -2.21. The van der Waals surface area contributed by atoms with Crippen molar-refractivity contribution in [1.29, 1.82) is 0 Å². The van der Waals surface area contributed by atoms with E-state index in [4.69, 9.17) is 21.8 Å². The summed E-state index contributed by atoms with van der Waals surface area (Å²) in [5.41, 5.74) is 7.25. The molecule has 0 amide bonds. The Balaban J connectivity index is 2.26. The molecule has 0 aliphatic carbocycles. The van der Waals surface area contributed by atoms with Crippen LogP contribution in [0.1, 0.15) is 51.3 Å². The first-order chi connectivity index (χ1) is 9.15.